The van der Waals surface area contributed by atoms with Crippen LogP contribution in [0.5, 0.6) is 5.88 Å². The molecule has 1 N–H and O–H groups in total. The van der Waals surface area contributed by atoms with Gasteiger partial charge in [-0.2, -0.15) is 5.10 Å². The molecule has 0 bridgehead atoms. The Bertz CT molecular complexity index is 1030. The summed E-state index contributed by atoms with van der Waals surface area (Å²) in [6, 6.07) is 9.88. The summed E-state index contributed by atoms with van der Waals surface area (Å²) in [7, 11) is 1.55. The highest BCUT2D eigenvalue weighted by molar-refractivity contribution is 5.68. The van der Waals surface area contributed by atoms with Crippen molar-refractivity contribution in [2.45, 2.75) is 57.4 Å². The SMILES string of the molecule is COc1ccc(C(CC(=O)O)c2ccn(CCCc3ccc4c(n3)CCCC4)n2)cn1. The van der Waals surface area contributed by atoms with Gasteiger partial charge in [0.2, 0.25) is 5.88 Å². The van der Waals surface area contributed by atoms with Gasteiger partial charge in [-0.15, -0.1) is 0 Å². The number of aryl methyl sites for hydroxylation is 4. The second kappa shape index (κ2) is 9.73. The molecule has 7 heteroatoms. The fourth-order valence-corrected chi connectivity index (χ4v) is 4.16. The summed E-state index contributed by atoms with van der Waals surface area (Å²) < 4.78 is 6.99. The monoisotopic (exact) mass is 420 g/mol. The highest BCUT2D eigenvalue weighted by Crippen LogP contribution is 2.27. The van der Waals surface area contributed by atoms with Gasteiger partial charge >= 0.3 is 5.97 Å². The Morgan fingerprint density at radius 3 is 2.84 bits per heavy atom. The van der Waals surface area contributed by atoms with Crippen LogP contribution in [-0.2, 0) is 30.6 Å². The molecular formula is C24H28N4O3. The summed E-state index contributed by atoms with van der Waals surface area (Å²) in [5.41, 5.74) is 5.37. The van der Waals surface area contributed by atoms with E-state index in [9.17, 15) is 9.90 Å². The van der Waals surface area contributed by atoms with Crippen LogP contribution in [0, 0.1) is 0 Å². The maximum atomic E-state index is 11.4. The molecule has 3 aromatic heterocycles. The van der Waals surface area contributed by atoms with Crippen molar-refractivity contribution in [3.8, 4) is 5.88 Å². The van der Waals surface area contributed by atoms with E-state index >= 15 is 0 Å². The van der Waals surface area contributed by atoms with E-state index in [2.05, 4.69) is 22.2 Å². The fourth-order valence-electron chi connectivity index (χ4n) is 4.16. The van der Waals surface area contributed by atoms with Crippen LogP contribution < -0.4 is 4.74 Å². The molecule has 0 fully saturated rings. The Kier molecular flexibility index (Phi) is 6.60. The summed E-state index contributed by atoms with van der Waals surface area (Å²) in [6.07, 6.45) is 10.1. The summed E-state index contributed by atoms with van der Waals surface area (Å²) >= 11 is 0. The quantitative estimate of drug-likeness (QED) is 0.566. The molecule has 0 aliphatic heterocycles. The van der Waals surface area contributed by atoms with Crippen molar-refractivity contribution in [3.05, 3.63) is 70.9 Å². The molecule has 1 aliphatic carbocycles. The number of fused-ring (bicyclic) bond motifs is 1. The molecular weight excluding hydrogens is 392 g/mol. The predicted molar refractivity (Wildman–Crippen MR) is 116 cm³/mol. The van der Waals surface area contributed by atoms with Crippen LogP contribution in [0.25, 0.3) is 0 Å². The Morgan fingerprint density at radius 2 is 2.06 bits per heavy atom. The normalized spacial score (nSPS) is 14.1. The number of methoxy groups -OCH3 is 1. The van der Waals surface area contributed by atoms with Gasteiger partial charge in [-0.25, -0.2) is 4.98 Å². The van der Waals surface area contributed by atoms with Crippen LogP contribution in [0.15, 0.2) is 42.7 Å². The lowest BCUT2D eigenvalue weighted by Crippen LogP contribution is -2.10. The van der Waals surface area contributed by atoms with E-state index in [0.29, 0.717) is 5.88 Å². The first-order valence-corrected chi connectivity index (χ1v) is 10.8. The van der Waals surface area contributed by atoms with Gasteiger partial charge in [-0.05, 0) is 61.8 Å². The van der Waals surface area contributed by atoms with E-state index in [1.165, 1.54) is 24.1 Å². The molecule has 0 amide bonds. The van der Waals surface area contributed by atoms with Gasteiger partial charge in [0.25, 0.3) is 0 Å². The minimum absolute atomic E-state index is 0.0376. The van der Waals surface area contributed by atoms with Crippen molar-refractivity contribution in [1.29, 1.82) is 0 Å². The zero-order chi connectivity index (χ0) is 21.6. The lowest BCUT2D eigenvalue weighted by molar-refractivity contribution is -0.137. The van der Waals surface area contributed by atoms with Crippen molar-refractivity contribution in [1.82, 2.24) is 19.7 Å². The smallest absolute Gasteiger partial charge is 0.304 e. The Labute approximate surface area is 182 Å². The number of rotatable bonds is 9. The predicted octanol–water partition coefficient (Wildman–Crippen LogP) is 3.80. The summed E-state index contributed by atoms with van der Waals surface area (Å²) in [5, 5.41) is 14.0. The van der Waals surface area contributed by atoms with Crippen molar-refractivity contribution in [2.24, 2.45) is 0 Å². The molecule has 0 aromatic carbocycles. The fraction of sp³-hybridized carbons (Fsp3) is 0.417. The van der Waals surface area contributed by atoms with Gasteiger partial charge in [-0.1, -0.05) is 12.1 Å². The van der Waals surface area contributed by atoms with Gasteiger partial charge in [0.15, 0.2) is 0 Å². The first kappa shape index (κ1) is 21.0. The number of pyridine rings is 2. The van der Waals surface area contributed by atoms with Crippen LogP contribution in [-0.4, -0.2) is 37.9 Å². The van der Waals surface area contributed by atoms with Gasteiger partial charge in [-0.3, -0.25) is 14.5 Å². The average molecular weight is 421 g/mol. The van der Waals surface area contributed by atoms with Gasteiger partial charge in [0.05, 0.1) is 19.2 Å². The molecule has 7 nitrogen and oxygen atoms in total. The molecule has 162 valence electrons. The second-order valence-electron chi connectivity index (χ2n) is 8.01. The zero-order valence-corrected chi connectivity index (χ0v) is 17.8. The average Bonchev–Trinajstić information content (AvgIpc) is 3.26. The largest absolute Gasteiger partial charge is 0.481 e. The third-order valence-corrected chi connectivity index (χ3v) is 5.82. The van der Waals surface area contributed by atoms with Crippen LogP contribution in [0.3, 0.4) is 0 Å². The highest BCUT2D eigenvalue weighted by Gasteiger charge is 2.21. The molecule has 0 spiro atoms. The third-order valence-electron chi connectivity index (χ3n) is 5.82. The number of carboxylic acid groups (broad SMARTS) is 1. The number of hydrogen-bond donors (Lipinski definition) is 1. The highest BCUT2D eigenvalue weighted by atomic mass is 16.5. The molecule has 3 heterocycles. The molecule has 0 saturated carbocycles. The van der Waals surface area contributed by atoms with Crippen LogP contribution >= 0.6 is 0 Å². The van der Waals surface area contributed by atoms with E-state index in [0.717, 1.165) is 49.2 Å². The number of nitrogens with zero attached hydrogens (tertiary/aromatic N) is 4. The van der Waals surface area contributed by atoms with Crippen molar-refractivity contribution in [3.63, 3.8) is 0 Å². The van der Waals surface area contributed by atoms with Crippen LogP contribution in [0.4, 0.5) is 0 Å². The molecule has 1 unspecified atom stereocenters. The molecule has 0 saturated heterocycles. The maximum Gasteiger partial charge on any atom is 0.304 e. The lowest BCUT2D eigenvalue weighted by Gasteiger charge is -2.15. The van der Waals surface area contributed by atoms with Crippen LogP contribution in [0.1, 0.15) is 59.8 Å². The maximum absolute atomic E-state index is 11.4. The van der Waals surface area contributed by atoms with E-state index < -0.39 is 5.97 Å². The third kappa shape index (κ3) is 5.29. The first-order chi connectivity index (χ1) is 15.1. The number of hydrogen-bond acceptors (Lipinski definition) is 5. The standard InChI is InChI=1S/C24H28N4O3/c1-31-23-11-9-18(16-25-23)20(15-24(29)30)22-12-14-28(27-22)13-4-6-19-10-8-17-5-2-3-7-21(17)26-19/h8-12,14,16,20H,2-7,13,15H2,1H3,(H,29,30). The van der Waals surface area contributed by atoms with Gasteiger partial charge in [0.1, 0.15) is 0 Å². The molecule has 3 aromatic rings. The molecule has 31 heavy (non-hydrogen) atoms. The Balaban J connectivity index is 1.40. The molecule has 0 radical (unpaired) electrons. The minimum atomic E-state index is -0.867. The van der Waals surface area contributed by atoms with E-state index in [1.807, 2.05) is 23.0 Å². The number of ether oxygens (including phenoxy) is 1. The van der Waals surface area contributed by atoms with Crippen molar-refractivity contribution < 1.29 is 14.6 Å². The number of carbonyl (C=O) groups is 1. The Hall–Kier alpha value is -3.22. The lowest BCUT2D eigenvalue weighted by atomic mass is 9.94. The van der Waals surface area contributed by atoms with Gasteiger partial charge in [0, 0.05) is 42.3 Å². The van der Waals surface area contributed by atoms with Crippen molar-refractivity contribution in [2.75, 3.05) is 7.11 Å². The molecule has 1 atom stereocenters. The zero-order valence-electron chi connectivity index (χ0n) is 17.8. The summed E-state index contributed by atoms with van der Waals surface area (Å²) in [6.45, 7) is 0.763. The van der Waals surface area contributed by atoms with Crippen LogP contribution in [0.2, 0.25) is 0 Å². The molecule has 4 rings (SSSR count). The van der Waals surface area contributed by atoms with Gasteiger partial charge < -0.3 is 9.84 Å². The number of aliphatic carboxylic acids is 1. The minimum Gasteiger partial charge on any atom is -0.481 e. The summed E-state index contributed by atoms with van der Waals surface area (Å²) in [5.74, 6) is -0.715. The first-order valence-electron chi connectivity index (χ1n) is 10.8. The number of carboxylic acids is 1. The topological polar surface area (TPSA) is 90.1 Å². The second-order valence-corrected chi connectivity index (χ2v) is 8.01. The number of aromatic nitrogens is 4. The Morgan fingerprint density at radius 1 is 1.19 bits per heavy atom. The van der Waals surface area contributed by atoms with E-state index in [4.69, 9.17) is 9.72 Å². The summed E-state index contributed by atoms with van der Waals surface area (Å²) in [4.78, 5) is 20.5. The van der Waals surface area contributed by atoms with Crippen molar-refractivity contribution >= 4 is 5.97 Å². The van der Waals surface area contributed by atoms with E-state index in [1.54, 1.807) is 19.4 Å². The molecule has 1 aliphatic rings. The van der Waals surface area contributed by atoms with E-state index in [-0.39, 0.29) is 12.3 Å².